The van der Waals surface area contributed by atoms with Crippen molar-refractivity contribution in [3.8, 4) is 11.4 Å². The number of nitrogens with zero attached hydrogens (tertiary/aromatic N) is 4. The van der Waals surface area contributed by atoms with Crippen molar-refractivity contribution in [2.75, 3.05) is 7.05 Å². The molecule has 6 nitrogen and oxygen atoms in total. The van der Waals surface area contributed by atoms with E-state index in [0.717, 1.165) is 18.5 Å². The average molecular weight is 469 g/mol. The Labute approximate surface area is 198 Å². The third-order valence-electron chi connectivity index (χ3n) is 6.01. The Morgan fingerprint density at radius 3 is 2.55 bits per heavy atom. The van der Waals surface area contributed by atoms with Crippen molar-refractivity contribution in [3.05, 3.63) is 66.2 Å². The number of hydrogen-bond donors (Lipinski definition) is 0. The van der Waals surface area contributed by atoms with E-state index in [2.05, 4.69) is 10.2 Å². The highest BCUT2D eigenvalue weighted by Crippen LogP contribution is 2.29. The van der Waals surface area contributed by atoms with E-state index in [9.17, 15) is 9.18 Å². The van der Waals surface area contributed by atoms with E-state index in [-0.39, 0.29) is 23.5 Å². The number of halogens is 1. The highest BCUT2D eigenvalue weighted by molar-refractivity contribution is 8.00. The van der Waals surface area contributed by atoms with Crippen LogP contribution < -0.4 is 4.74 Å². The topological polar surface area (TPSA) is 60.3 Å². The molecule has 1 amide bonds. The van der Waals surface area contributed by atoms with Gasteiger partial charge in [-0.3, -0.25) is 9.36 Å². The number of para-hydroxylation sites is 2. The molecule has 0 saturated heterocycles. The second kappa shape index (κ2) is 10.8. The van der Waals surface area contributed by atoms with Crippen LogP contribution in [0.15, 0.2) is 59.8 Å². The van der Waals surface area contributed by atoms with E-state index in [1.807, 2.05) is 53.8 Å². The molecule has 0 aliphatic heterocycles. The summed E-state index contributed by atoms with van der Waals surface area (Å²) in [6, 6.07) is 16.3. The fourth-order valence-corrected chi connectivity index (χ4v) is 5.14. The lowest BCUT2D eigenvalue weighted by Crippen LogP contribution is -2.42. The van der Waals surface area contributed by atoms with Crippen molar-refractivity contribution in [2.45, 2.75) is 62.1 Å². The summed E-state index contributed by atoms with van der Waals surface area (Å²) in [5, 5.41) is 8.94. The first-order chi connectivity index (χ1) is 16.0. The minimum Gasteiger partial charge on any atom is -0.483 e. The predicted octanol–water partition coefficient (Wildman–Crippen LogP) is 5.26. The Bertz CT molecular complexity index is 1070. The molecule has 0 N–H and O–H groups in total. The summed E-state index contributed by atoms with van der Waals surface area (Å²) in [6.45, 7) is 1.96. The van der Waals surface area contributed by atoms with E-state index in [1.54, 1.807) is 18.2 Å². The number of hydrogen-bond acceptors (Lipinski definition) is 5. The summed E-state index contributed by atoms with van der Waals surface area (Å²) in [4.78, 5) is 15.0. The third-order valence-corrected chi connectivity index (χ3v) is 7.04. The van der Waals surface area contributed by atoms with Gasteiger partial charge in [0.15, 0.2) is 22.5 Å². The molecule has 1 atom stereocenters. The van der Waals surface area contributed by atoms with Crippen molar-refractivity contribution in [2.24, 2.45) is 0 Å². The summed E-state index contributed by atoms with van der Waals surface area (Å²) >= 11 is 1.38. The molecule has 1 aliphatic rings. The van der Waals surface area contributed by atoms with Gasteiger partial charge in [-0.2, -0.15) is 0 Å². The molecule has 1 aliphatic carbocycles. The van der Waals surface area contributed by atoms with Crippen LogP contribution >= 0.6 is 11.8 Å². The lowest BCUT2D eigenvalue weighted by atomic mass is 9.94. The van der Waals surface area contributed by atoms with Gasteiger partial charge >= 0.3 is 0 Å². The van der Waals surface area contributed by atoms with Gasteiger partial charge in [-0.25, -0.2) is 4.39 Å². The van der Waals surface area contributed by atoms with Crippen LogP contribution in [-0.4, -0.2) is 43.9 Å². The summed E-state index contributed by atoms with van der Waals surface area (Å²) in [5.74, 6) is 0.362. The zero-order chi connectivity index (χ0) is 23.2. The fraction of sp³-hybridized carbons (Fsp3) is 0.400. The van der Waals surface area contributed by atoms with Crippen LogP contribution in [0.25, 0.3) is 5.69 Å². The quantitative estimate of drug-likeness (QED) is 0.422. The molecule has 33 heavy (non-hydrogen) atoms. The Kier molecular flexibility index (Phi) is 7.65. The van der Waals surface area contributed by atoms with Gasteiger partial charge in [0.1, 0.15) is 6.61 Å². The number of rotatable bonds is 8. The van der Waals surface area contributed by atoms with Crippen molar-refractivity contribution in [3.63, 3.8) is 0 Å². The lowest BCUT2D eigenvalue weighted by molar-refractivity contribution is -0.131. The van der Waals surface area contributed by atoms with Crippen LogP contribution in [0.5, 0.6) is 5.75 Å². The monoisotopic (exact) mass is 468 g/mol. The first kappa shape index (κ1) is 23.3. The highest BCUT2D eigenvalue weighted by atomic mass is 32.2. The smallest absolute Gasteiger partial charge is 0.235 e. The summed E-state index contributed by atoms with van der Waals surface area (Å²) < 4.78 is 21.6. The molecule has 4 rings (SSSR count). The molecule has 1 aromatic heterocycles. The first-order valence-electron chi connectivity index (χ1n) is 11.3. The number of carbonyl (C=O) groups is 1. The van der Waals surface area contributed by atoms with Crippen LogP contribution in [-0.2, 0) is 11.4 Å². The largest absolute Gasteiger partial charge is 0.483 e. The van der Waals surface area contributed by atoms with Crippen LogP contribution in [0.2, 0.25) is 0 Å². The van der Waals surface area contributed by atoms with Gasteiger partial charge < -0.3 is 9.64 Å². The van der Waals surface area contributed by atoms with Gasteiger partial charge in [0.25, 0.3) is 0 Å². The first-order valence-corrected chi connectivity index (χ1v) is 12.2. The fourth-order valence-electron chi connectivity index (χ4n) is 4.15. The second-order valence-electron chi connectivity index (χ2n) is 8.29. The zero-order valence-electron chi connectivity index (χ0n) is 19.0. The number of ether oxygens (including phenoxy) is 1. The number of thioether (sulfide) groups is 1. The Morgan fingerprint density at radius 2 is 1.82 bits per heavy atom. The summed E-state index contributed by atoms with van der Waals surface area (Å²) in [6.07, 6.45) is 5.74. The van der Waals surface area contributed by atoms with Crippen LogP contribution in [0.1, 0.15) is 44.9 Å². The molecular weight excluding hydrogens is 439 g/mol. The average Bonchev–Trinajstić information content (AvgIpc) is 3.25. The molecule has 2 aromatic carbocycles. The summed E-state index contributed by atoms with van der Waals surface area (Å²) in [7, 11) is 1.91. The minimum atomic E-state index is -0.428. The van der Waals surface area contributed by atoms with E-state index >= 15 is 0 Å². The molecule has 1 heterocycles. The van der Waals surface area contributed by atoms with E-state index in [0.29, 0.717) is 17.0 Å². The van der Waals surface area contributed by atoms with Crippen molar-refractivity contribution >= 4 is 17.7 Å². The molecule has 8 heteroatoms. The van der Waals surface area contributed by atoms with Gasteiger partial charge in [-0.15, -0.1) is 10.2 Å². The number of aromatic nitrogens is 3. The van der Waals surface area contributed by atoms with Gasteiger partial charge in [-0.1, -0.05) is 61.4 Å². The Morgan fingerprint density at radius 1 is 1.12 bits per heavy atom. The zero-order valence-corrected chi connectivity index (χ0v) is 19.8. The highest BCUT2D eigenvalue weighted by Gasteiger charge is 2.28. The molecule has 0 bridgehead atoms. The van der Waals surface area contributed by atoms with Crippen molar-refractivity contribution in [1.82, 2.24) is 19.7 Å². The summed E-state index contributed by atoms with van der Waals surface area (Å²) in [5.41, 5.74) is 0.859. The third kappa shape index (κ3) is 5.55. The van der Waals surface area contributed by atoms with Gasteiger partial charge in [0, 0.05) is 18.8 Å². The van der Waals surface area contributed by atoms with Crippen molar-refractivity contribution in [1.29, 1.82) is 0 Å². The number of carbonyl (C=O) groups excluding carboxylic acids is 1. The van der Waals surface area contributed by atoms with Gasteiger partial charge in [0.05, 0.1) is 5.25 Å². The van der Waals surface area contributed by atoms with E-state index in [4.69, 9.17) is 4.74 Å². The van der Waals surface area contributed by atoms with Crippen molar-refractivity contribution < 1.29 is 13.9 Å². The Balaban J connectivity index is 1.53. The maximum absolute atomic E-state index is 14.0. The van der Waals surface area contributed by atoms with Gasteiger partial charge in [0.2, 0.25) is 5.91 Å². The molecule has 0 radical (unpaired) electrons. The van der Waals surface area contributed by atoms with Crippen LogP contribution in [0.4, 0.5) is 4.39 Å². The molecule has 0 spiro atoms. The maximum atomic E-state index is 14.0. The molecule has 3 aromatic rings. The molecule has 174 valence electrons. The lowest BCUT2D eigenvalue weighted by Gasteiger charge is -2.32. The van der Waals surface area contributed by atoms with Gasteiger partial charge in [-0.05, 0) is 44.0 Å². The molecule has 1 saturated carbocycles. The second-order valence-corrected chi connectivity index (χ2v) is 9.60. The van der Waals surface area contributed by atoms with Crippen LogP contribution in [0, 0.1) is 5.82 Å². The minimum absolute atomic E-state index is 0.0493. The predicted molar refractivity (Wildman–Crippen MR) is 127 cm³/mol. The molecular formula is C25H29FN4O2S. The molecule has 1 unspecified atom stereocenters. The molecule has 1 fully saturated rings. The standard InChI is InChI=1S/C25H29FN4O2S/c1-18(24(31)29(2)19-11-5-3-6-12-19)33-25-28-27-23(30(25)20-13-7-4-8-14-20)17-32-22-16-10-9-15-21(22)26/h4,7-10,13-16,18-19H,3,5-6,11-12,17H2,1-2H3. The Hall–Kier alpha value is -2.87. The maximum Gasteiger partial charge on any atom is 0.235 e. The number of amides is 1. The van der Waals surface area contributed by atoms with Crippen LogP contribution in [0.3, 0.4) is 0 Å². The normalized spacial score (nSPS) is 15.2. The van der Waals surface area contributed by atoms with E-state index < -0.39 is 5.82 Å². The van der Waals surface area contributed by atoms with E-state index in [1.165, 1.54) is 37.1 Å². The number of benzene rings is 2. The SMILES string of the molecule is CC(Sc1nnc(COc2ccccc2F)n1-c1ccccc1)C(=O)N(C)C1CCCCC1.